The number of aliphatic hydroxyl groups is 1. The van der Waals surface area contributed by atoms with E-state index < -0.39 is 6.10 Å². The number of likely N-dealkylation sites (tertiary alicyclic amines) is 1. The molecule has 3 unspecified atom stereocenters. The molecule has 1 saturated heterocycles. The van der Waals surface area contributed by atoms with Gasteiger partial charge in [-0.1, -0.05) is 36.4 Å². The Hall–Kier alpha value is -2.63. The molecule has 30 heavy (non-hydrogen) atoms. The van der Waals surface area contributed by atoms with E-state index >= 15 is 0 Å². The second-order valence-electron chi connectivity index (χ2n) is 8.65. The molecule has 2 fully saturated rings. The van der Waals surface area contributed by atoms with Crippen molar-refractivity contribution in [3.63, 3.8) is 0 Å². The van der Waals surface area contributed by atoms with Crippen LogP contribution >= 0.6 is 0 Å². The molecule has 2 aliphatic rings. The summed E-state index contributed by atoms with van der Waals surface area (Å²) in [6, 6.07) is 16.5. The van der Waals surface area contributed by atoms with Gasteiger partial charge in [0, 0.05) is 36.0 Å². The Morgan fingerprint density at radius 1 is 1.23 bits per heavy atom. The number of fused-ring (bicyclic) bond motifs is 1. The quantitative estimate of drug-likeness (QED) is 0.667. The van der Waals surface area contributed by atoms with Gasteiger partial charge in [-0.3, -0.25) is 9.69 Å². The summed E-state index contributed by atoms with van der Waals surface area (Å²) >= 11 is 0. The number of benzene rings is 2. The Labute approximate surface area is 178 Å². The Bertz CT molecular complexity index is 900. The number of carbonyl (C=O) groups is 1. The van der Waals surface area contributed by atoms with E-state index in [0.29, 0.717) is 12.0 Å². The number of piperidine rings is 1. The molecule has 1 saturated carbocycles. The molecule has 0 bridgehead atoms. The van der Waals surface area contributed by atoms with Crippen LogP contribution in [0.5, 0.6) is 5.75 Å². The van der Waals surface area contributed by atoms with Crippen LogP contribution in [0.25, 0.3) is 0 Å². The van der Waals surface area contributed by atoms with Crippen LogP contribution in [0.3, 0.4) is 0 Å². The molecule has 1 heterocycles. The van der Waals surface area contributed by atoms with Crippen molar-refractivity contribution in [1.82, 2.24) is 10.2 Å². The summed E-state index contributed by atoms with van der Waals surface area (Å²) in [5, 5.41) is 24.5. The largest absolute Gasteiger partial charge is 0.508 e. The number of rotatable bonds is 5. The lowest BCUT2D eigenvalue weighted by atomic mass is 9.57. The van der Waals surface area contributed by atoms with Gasteiger partial charge in [-0.25, -0.2) is 0 Å². The summed E-state index contributed by atoms with van der Waals surface area (Å²) < 4.78 is 0. The van der Waals surface area contributed by atoms with Gasteiger partial charge >= 0.3 is 0 Å². The predicted molar refractivity (Wildman–Crippen MR) is 117 cm³/mol. The van der Waals surface area contributed by atoms with Gasteiger partial charge in [0.1, 0.15) is 5.75 Å². The van der Waals surface area contributed by atoms with Crippen molar-refractivity contribution in [3.8, 4) is 5.75 Å². The van der Waals surface area contributed by atoms with Crippen LogP contribution in [-0.2, 0) is 5.41 Å². The second kappa shape index (κ2) is 8.62. The van der Waals surface area contributed by atoms with Crippen molar-refractivity contribution in [1.29, 1.82) is 0 Å². The van der Waals surface area contributed by atoms with Gasteiger partial charge in [-0.05, 0) is 55.6 Å². The van der Waals surface area contributed by atoms with Gasteiger partial charge in [-0.2, -0.15) is 0 Å². The van der Waals surface area contributed by atoms with E-state index in [1.807, 2.05) is 42.5 Å². The Balaban J connectivity index is 1.63. The zero-order chi connectivity index (χ0) is 21.1. The third-order valence-corrected chi connectivity index (χ3v) is 6.82. The van der Waals surface area contributed by atoms with Crippen LogP contribution in [0.15, 0.2) is 67.3 Å². The van der Waals surface area contributed by atoms with E-state index in [1.165, 1.54) is 0 Å². The van der Waals surface area contributed by atoms with E-state index in [-0.39, 0.29) is 29.0 Å². The van der Waals surface area contributed by atoms with Crippen LogP contribution in [-0.4, -0.2) is 52.8 Å². The van der Waals surface area contributed by atoms with Crippen molar-refractivity contribution in [3.05, 3.63) is 78.4 Å². The third-order valence-electron chi connectivity index (χ3n) is 6.82. The summed E-state index contributed by atoms with van der Waals surface area (Å²) in [7, 11) is 0. The van der Waals surface area contributed by atoms with Crippen LogP contribution < -0.4 is 5.32 Å². The number of hydrogen-bond acceptors (Lipinski definition) is 4. The van der Waals surface area contributed by atoms with Gasteiger partial charge in [0.15, 0.2) is 0 Å². The summed E-state index contributed by atoms with van der Waals surface area (Å²) in [5.41, 5.74) is 1.38. The number of aromatic hydroxyl groups is 1. The summed E-state index contributed by atoms with van der Waals surface area (Å²) in [6.07, 6.45) is 3.52. The highest BCUT2D eigenvalue weighted by Gasteiger charge is 2.52. The zero-order valence-electron chi connectivity index (χ0n) is 17.2. The Morgan fingerprint density at radius 3 is 2.77 bits per heavy atom. The molecule has 4 atom stereocenters. The van der Waals surface area contributed by atoms with Gasteiger partial charge in [0.05, 0.1) is 6.10 Å². The molecule has 5 nitrogen and oxygen atoms in total. The van der Waals surface area contributed by atoms with Crippen molar-refractivity contribution in [2.75, 3.05) is 19.6 Å². The first-order valence-electron chi connectivity index (χ1n) is 10.7. The average Bonchev–Trinajstić information content (AvgIpc) is 2.75. The number of amides is 1. The molecule has 0 spiro atoms. The summed E-state index contributed by atoms with van der Waals surface area (Å²) in [4.78, 5) is 15.1. The number of nitrogens with one attached hydrogen (secondary N) is 1. The topological polar surface area (TPSA) is 72.8 Å². The van der Waals surface area contributed by atoms with Crippen LogP contribution in [0.4, 0.5) is 0 Å². The van der Waals surface area contributed by atoms with E-state index in [1.54, 1.807) is 18.2 Å². The highest BCUT2D eigenvalue weighted by atomic mass is 16.3. The standard InChI is InChI=1S/C25H30N2O3/c1-2-12-27-13-11-25(19-9-6-10-21(28)14-19)16-20(15-23(29)22(25)17-27)26-24(30)18-7-4-3-5-8-18/h2-10,14,20,22-23,28-29H,1,11-13,15-17H2,(H,26,30)/t20-,22?,23?,25?/m0/s1. The molecule has 3 N–H and O–H groups in total. The molecule has 1 amide bonds. The molecule has 0 aromatic heterocycles. The van der Waals surface area contributed by atoms with Gasteiger partial charge in [0.25, 0.3) is 5.91 Å². The van der Waals surface area contributed by atoms with Gasteiger partial charge in [-0.15, -0.1) is 6.58 Å². The lowest BCUT2D eigenvalue weighted by Crippen LogP contribution is -2.61. The molecule has 1 aliphatic heterocycles. The minimum absolute atomic E-state index is 0.0397. The molecule has 158 valence electrons. The molecule has 1 aliphatic carbocycles. The van der Waals surface area contributed by atoms with Crippen LogP contribution in [0.1, 0.15) is 35.2 Å². The minimum Gasteiger partial charge on any atom is -0.508 e. The second-order valence-corrected chi connectivity index (χ2v) is 8.65. The smallest absolute Gasteiger partial charge is 0.251 e. The first-order chi connectivity index (χ1) is 14.5. The van der Waals surface area contributed by atoms with E-state index in [2.05, 4.69) is 16.8 Å². The molecular formula is C25H30N2O3. The fourth-order valence-corrected chi connectivity index (χ4v) is 5.42. The maximum absolute atomic E-state index is 12.8. The highest BCUT2D eigenvalue weighted by molar-refractivity contribution is 5.94. The van der Waals surface area contributed by atoms with E-state index in [4.69, 9.17) is 0 Å². The van der Waals surface area contributed by atoms with E-state index in [0.717, 1.165) is 38.0 Å². The lowest BCUT2D eigenvalue weighted by Gasteiger charge is -2.54. The first kappa shape index (κ1) is 20.6. The van der Waals surface area contributed by atoms with Crippen molar-refractivity contribution < 1.29 is 15.0 Å². The summed E-state index contributed by atoms with van der Waals surface area (Å²) in [6.45, 7) is 6.33. The monoisotopic (exact) mass is 406 g/mol. The normalized spacial score (nSPS) is 29.0. The average molecular weight is 407 g/mol. The third kappa shape index (κ3) is 4.00. The maximum atomic E-state index is 12.8. The van der Waals surface area contributed by atoms with Gasteiger partial charge in [0.2, 0.25) is 0 Å². The zero-order valence-corrected chi connectivity index (χ0v) is 17.2. The lowest BCUT2D eigenvalue weighted by molar-refractivity contribution is -0.0450. The fourth-order valence-electron chi connectivity index (χ4n) is 5.42. The van der Waals surface area contributed by atoms with Gasteiger partial charge < -0.3 is 15.5 Å². The minimum atomic E-state index is -0.533. The molecular weight excluding hydrogens is 376 g/mol. The van der Waals surface area contributed by atoms with E-state index in [9.17, 15) is 15.0 Å². The first-order valence-corrected chi connectivity index (χ1v) is 10.7. The van der Waals surface area contributed by atoms with Crippen molar-refractivity contribution in [2.24, 2.45) is 5.92 Å². The number of phenolic OH excluding ortho intramolecular Hbond substituents is 1. The van der Waals surface area contributed by atoms with Crippen molar-refractivity contribution >= 4 is 5.91 Å². The number of carbonyl (C=O) groups excluding carboxylic acids is 1. The molecule has 4 rings (SSSR count). The van der Waals surface area contributed by atoms with Crippen LogP contribution in [0, 0.1) is 5.92 Å². The molecule has 2 aromatic rings. The number of aliphatic hydroxyl groups excluding tert-OH is 1. The molecule has 2 aromatic carbocycles. The van der Waals surface area contributed by atoms with Crippen molar-refractivity contribution in [2.45, 2.75) is 36.8 Å². The predicted octanol–water partition coefficient (Wildman–Crippen LogP) is 3.09. The molecule has 0 radical (unpaired) electrons. The Kier molecular flexibility index (Phi) is 5.93. The number of nitrogens with zero attached hydrogens (tertiary/aromatic N) is 1. The van der Waals surface area contributed by atoms with Crippen LogP contribution in [0.2, 0.25) is 0 Å². The SMILES string of the molecule is C=CCN1CCC2(c3cccc(O)c3)C[C@@H](NC(=O)c3ccccc3)CC(O)C2C1. The Morgan fingerprint density at radius 2 is 2.03 bits per heavy atom. The number of hydrogen-bond donors (Lipinski definition) is 3. The molecule has 5 heteroatoms. The highest BCUT2D eigenvalue weighted by Crippen LogP contribution is 2.49. The summed E-state index contributed by atoms with van der Waals surface area (Å²) in [5.74, 6) is 0.165. The fraction of sp³-hybridized carbons (Fsp3) is 0.400. The maximum Gasteiger partial charge on any atom is 0.251 e. The number of phenols is 1.